The molecule has 2 aromatic rings. The number of halogens is 1. The number of urea groups is 1. The van der Waals surface area contributed by atoms with Crippen LogP contribution in [0.25, 0.3) is 11.1 Å². The van der Waals surface area contributed by atoms with Gasteiger partial charge in [0.25, 0.3) is 0 Å². The van der Waals surface area contributed by atoms with E-state index in [0.717, 1.165) is 30.4 Å². The highest BCUT2D eigenvalue weighted by atomic mass is 19.1. The Morgan fingerprint density at radius 1 is 1.20 bits per heavy atom. The molecule has 2 amide bonds. The third kappa shape index (κ3) is 3.60. The van der Waals surface area contributed by atoms with Crippen molar-refractivity contribution in [2.45, 2.75) is 45.2 Å². The van der Waals surface area contributed by atoms with Crippen LogP contribution in [-0.4, -0.2) is 23.0 Å². The predicted octanol–water partition coefficient (Wildman–Crippen LogP) is 4.87. The second kappa shape index (κ2) is 7.13. The lowest BCUT2D eigenvalue weighted by molar-refractivity contribution is 0.188. The fourth-order valence-corrected chi connectivity index (χ4v) is 3.50. The van der Waals surface area contributed by atoms with E-state index in [2.05, 4.69) is 19.2 Å². The molecule has 0 aromatic heterocycles. The summed E-state index contributed by atoms with van der Waals surface area (Å²) in [5.74, 6) is -0.277. The number of nitrogens with zero attached hydrogens (tertiary/aromatic N) is 1. The van der Waals surface area contributed by atoms with Crippen LogP contribution in [0, 0.1) is 5.82 Å². The average Bonchev–Trinajstić information content (AvgIpc) is 2.98. The monoisotopic (exact) mass is 341 g/mol. The Bertz CT molecular complexity index is 760. The Morgan fingerprint density at radius 3 is 2.56 bits per heavy atom. The SMILES string of the molecule is CCC1CCC(C)N1C(=O)Nc1cc(-c2ccc(F)cc2)ccc1N. The fraction of sp³-hybridized carbons (Fsp3) is 0.350. The second-order valence-electron chi connectivity index (χ2n) is 6.63. The summed E-state index contributed by atoms with van der Waals surface area (Å²) in [6.07, 6.45) is 3.01. The molecule has 2 aromatic carbocycles. The van der Waals surface area contributed by atoms with Crippen molar-refractivity contribution in [2.75, 3.05) is 11.1 Å². The van der Waals surface area contributed by atoms with Crippen molar-refractivity contribution >= 4 is 17.4 Å². The van der Waals surface area contributed by atoms with Gasteiger partial charge in [0, 0.05) is 12.1 Å². The van der Waals surface area contributed by atoms with Gasteiger partial charge in [0.2, 0.25) is 0 Å². The molecule has 0 spiro atoms. The Balaban J connectivity index is 1.83. The Kier molecular flexibility index (Phi) is 4.93. The molecule has 1 aliphatic heterocycles. The number of hydrogen-bond acceptors (Lipinski definition) is 2. The standard InChI is InChI=1S/C20H24FN3O/c1-3-17-10-4-13(2)24(17)20(25)23-19-12-15(7-11-18(19)22)14-5-8-16(21)9-6-14/h5-9,11-13,17H,3-4,10,22H2,1-2H3,(H,23,25). The molecule has 4 nitrogen and oxygen atoms in total. The maximum atomic E-state index is 13.1. The van der Waals surface area contributed by atoms with Crippen LogP contribution in [0.1, 0.15) is 33.1 Å². The number of hydrogen-bond donors (Lipinski definition) is 2. The van der Waals surface area contributed by atoms with Crippen molar-refractivity contribution in [1.29, 1.82) is 0 Å². The highest BCUT2D eigenvalue weighted by Gasteiger charge is 2.33. The van der Waals surface area contributed by atoms with Crippen LogP contribution in [0.3, 0.4) is 0 Å². The summed E-state index contributed by atoms with van der Waals surface area (Å²) in [6, 6.07) is 12.1. The number of nitrogens with two attached hydrogens (primary N) is 1. The number of nitrogen functional groups attached to an aromatic ring is 1. The van der Waals surface area contributed by atoms with Gasteiger partial charge in [-0.05, 0) is 61.6 Å². The molecule has 1 fully saturated rings. The molecule has 0 aliphatic carbocycles. The van der Waals surface area contributed by atoms with E-state index in [4.69, 9.17) is 5.73 Å². The zero-order valence-electron chi connectivity index (χ0n) is 14.6. The van der Waals surface area contributed by atoms with Crippen LogP contribution in [0.15, 0.2) is 42.5 Å². The van der Waals surface area contributed by atoms with Gasteiger partial charge >= 0.3 is 6.03 Å². The van der Waals surface area contributed by atoms with Gasteiger partial charge in [-0.3, -0.25) is 0 Å². The van der Waals surface area contributed by atoms with Crippen LogP contribution >= 0.6 is 0 Å². The van der Waals surface area contributed by atoms with Crippen LogP contribution in [0.4, 0.5) is 20.6 Å². The van der Waals surface area contributed by atoms with Gasteiger partial charge in [-0.15, -0.1) is 0 Å². The Labute approximate surface area is 147 Å². The van der Waals surface area contributed by atoms with E-state index < -0.39 is 0 Å². The van der Waals surface area contributed by atoms with E-state index in [0.29, 0.717) is 11.4 Å². The van der Waals surface area contributed by atoms with E-state index in [-0.39, 0.29) is 23.9 Å². The molecular weight excluding hydrogens is 317 g/mol. The first-order valence-electron chi connectivity index (χ1n) is 8.74. The minimum Gasteiger partial charge on any atom is -0.397 e. The topological polar surface area (TPSA) is 58.4 Å². The molecule has 3 N–H and O–H groups in total. The first-order chi connectivity index (χ1) is 12.0. The molecular formula is C20H24FN3O. The number of nitrogens with one attached hydrogen (secondary N) is 1. The average molecular weight is 341 g/mol. The third-order valence-electron chi connectivity index (χ3n) is 4.96. The molecule has 1 aliphatic rings. The van der Waals surface area contributed by atoms with Crippen LogP contribution in [0.5, 0.6) is 0 Å². The van der Waals surface area contributed by atoms with Crippen LogP contribution in [-0.2, 0) is 0 Å². The lowest BCUT2D eigenvalue weighted by Gasteiger charge is -2.28. The highest BCUT2D eigenvalue weighted by Crippen LogP contribution is 2.30. The van der Waals surface area contributed by atoms with E-state index in [1.807, 2.05) is 17.0 Å². The van der Waals surface area contributed by atoms with Crippen molar-refractivity contribution in [3.05, 3.63) is 48.3 Å². The van der Waals surface area contributed by atoms with Gasteiger partial charge in [-0.1, -0.05) is 25.1 Å². The van der Waals surface area contributed by atoms with Crippen molar-refractivity contribution in [1.82, 2.24) is 4.90 Å². The number of rotatable bonds is 3. The van der Waals surface area contributed by atoms with Gasteiger partial charge in [-0.25, -0.2) is 9.18 Å². The minimum absolute atomic E-state index is 0.111. The van der Waals surface area contributed by atoms with Crippen molar-refractivity contribution in [3.8, 4) is 11.1 Å². The molecule has 2 atom stereocenters. The minimum atomic E-state index is -0.277. The summed E-state index contributed by atoms with van der Waals surface area (Å²) in [4.78, 5) is 14.7. The smallest absolute Gasteiger partial charge is 0.322 e. The third-order valence-corrected chi connectivity index (χ3v) is 4.96. The van der Waals surface area contributed by atoms with Gasteiger partial charge in [0.1, 0.15) is 5.82 Å². The molecule has 1 heterocycles. The molecule has 0 saturated carbocycles. The summed E-state index contributed by atoms with van der Waals surface area (Å²) in [5.41, 5.74) is 8.90. The summed E-state index contributed by atoms with van der Waals surface area (Å²) < 4.78 is 13.1. The number of anilines is 2. The first kappa shape index (κ1) is 17.3. The normalized spacial score (nSPS) is 19.9. The Hall–Kier alpha value is -2.56. The lowest BCUT2D eigenvalue weighted by atomic mass is 10.0. The maximum absolute atomic E-state index is 13.1. The number of carbonyl (C=O) groups is 1. The van der Waals surface area contributed by atoms with Gasteiger partial charge in [-0.2, -0.15) is 0 Å². The highest BCUT2D eigenvalue weighted by molar-refractivity contribution is 5.94. The number of benzene rings is 2. The van der Waals surface area contributed by atoms with Gasteiger partial charge in [0.15, 0.2) is 0 Å². The molecule has 1 saturated heterocycles. The van der Waals surface area contributed by atoms with Crippen molar-refractivity contribution in [3.63, 3.8) is 0 Å². The first-order valence-corrected chi connectivity index (χ1v) is 8.74. The van der Waals surface area contributed by atoms with Gasteiger partial charge < -0.3 is 16.0 Å². The summed E-state index contributed by atoms with van der Waals surface area (Å²) in [6.45, 7) is 4.18. The molecule has 0 radical (unpaired) electrons. The largest absolute Gasteiger partial charge is 0.397 e. The molecule has 5 heteroatoms. The molecule has 132 valence electrons. The van der Waals surface area contributed by atoms with Crippen LogP contribution < -0.4 is 11.1 Å². The van der Waals surface area contributed by atoms with Crippen LogP contribution in [0.2, 0.25) is 0 Å². The quantitative estimate of drug-likeness (QED) is 0.783. The van der Waals surface area contributed by atoms with E-state index in [9.17, 15) is 9.18 Å². The zero-order chi connectivity index (χ0) is 18.0. The maximum Gasteiger partial charge on any atom is 0.322 e. The molecule has 25 heavy (non-hydrogen) atoms. The van der Waals surface area contributed by atoms with Crippen molar-refractivity contribution < 1.29 is 9.18 Å². The molecule has 2 unspecified atom stereocenters. The second-order valence-corrected chi connectivity index (χ2v) is 6.63. The number of amides is 2. The lowest BCUT2D eigenvalue weighted by Crippen LogP contribution is -2.42. The number of carbonyl (C=O) groups excluding carboxylic acids is 1. The summed E-state index contributed by atoms with van der Waals surface area (Å²) in [5, 5.41) is 2.96. The summed E-state index contributed by atoms with van der Waals surface area (Å²) in [7, 11) is 0. The van der Waals surface area contributed by atoms with E-state index >= 15 is 0 Å². The zero-order valence-corrected chi connectivity index (χ0v) is 14.6. The summed E-state index contributed by atoms with van der Waals surface area (Å²) >= 11 is 0. The molecule has 0 bridgehead atoms. The van der Waals surface area contributed by atoms with Crippen molar-refractivity contribution in [2.24, 2.45) is 0 Å². The molecule has 3 rings (SSSR count). The predicted molar refractivity (Wildman–Crippen MR) is 99.9 cm³/mol. The fourth-order valence-electron chi connectivity index (χ4n) is 3.50. The van der Waals surface area contributed by atoms with Gasteiger partial charge in [0.05, 0.1) is 11.4 Å². The van der Waals surface area contributed by atoms with E-state index in [1.165, 1.54) is 12.1 Å². The Morgan fingerprint density at radius 2 is 1.88 bits per heavy atom. The number of likely N-dealkylation sites (tertiary alicyclic amines) is 1. The van der Waals surface area contributed by atoms with E-state index in [1.54, 1.807) is 18.2 Å².